The quantitative estimate of drug-likeness (QED) is 0.672. The summed E-state index contributed by atoms with van der Waals surface area (Å²) >= 11 is 0. The van der Waals surface area contributed by atoms with Gasteiger partial charge in [0, 0.05) is 6.20 Å². The van der Waals surface area contributed by atoms with Gasteiger partial charge in [-0.15, -0.1) is 0 Å². The Morgan fingerprint density at radius 3 is 2.79 bits per heavy atom. The molecule has 0 aliphatic carbocycles. The molecule has 0 fully saturated rings. The molecular formula is C12H16N2. The predicted molar refractivity (Wildman–Crippen MR) is 58.4 cm³/mol. The molecule has 14 heavy (non-hydrogen) atoms. The van der Waals surface area contributed by atoms with Crippen LogP contribution in [0.3, 0.4) is 0 Å². The summed E-state index contributed by atoms with van der Waals surface area (Å²) in [5.41, 5.74) is 2.87. The van der Waals surface area contributed by atoms with E-state index in [4.69, 9.17) is 0 Å². The SMILES string of the molecule is CC(C)(C)Cc1cnn2ccccc12. The van der Waals surface area contributed by atoms with Crippen molar-refractivity contribution in [3.05, 3.63) is 36.2 Å². The molecule has 0 saturated heterocycles. The second kappa shape index (κ2) is 3.12. The first-order chi connectivity index (χ1) is 6.56. The van der Waals surface area contributed by atoms with Gasteiger partial charge in [-0.25, -0.2) is 4.52 Å². The minimum absolute atomic E-state index is 0.319. The van der Waals surface area contributed by atoms with Crippen molar-refractivity contribution < 1.29 is 0 Å². The zero-order chi connectivity index (χ0) is 10.2. The molecule has 0 saturated carbocycles. The van der Waals surface area contributed by atoms with Gasteiger partial charge in [-0.05, 0) is 29.5 Å². The van der Waals surface area contributed by atoms with Crippen LogP contribution in [-0.2, 0) is 6.42 Å². The summed E-state index contributed by atoms with van der Waals surface area (Å²) in [7, 11) is 0. The minimum Gasteiger partial charge on any atom is -0.241 e. The standard InChI is InChI=1S/C12H16N2/c1-12(2,3)8-10-9-13-14-7-5-4-6-11(10)14/h4-7,9H,8H2,1-3H3. The highest BCUT2D eigenvalue weighted by Gasteiger charge is 2.14. The van der Waals surface area contributed by atoms with Gasteiger partial charge in [0.25, 0.3) is 0 Å². The first-order valence-corrected chi connectivity index (χ1v) is 4.97. The van der Waals surface area contributed by atoms with Crippen molar-refractivity contribution in [3.63, 3.8) is 0 Å². The molecule has 2 heterocycles. The Morgan fingerprint density at radius 2 is 2.07 bits per heavy atom. The average Bonchev–Trinajstić information content (AvgIpc) is 2.47. The van der Waals surface area contributed by atoms with Gasteiger partial charge in [-0.1, -0.05) is 26.8 Å². The molecule has 2 aromatic rings. The highest BCUT2D eigenvalue weighted by Crippen LogP contribution is 2.23. The first kappa shape index (κ1) is 9.25. The molecule has 74 valence electrons. The lowest BCUT2D eigenvalue weighted by atomic mass is 9.89. The van der Waals surface area contributed by atoms with Crippen LogP contribution < -0.4 is 0 Å². The molecule has 0 atom stereocenters. The highest BCUT2D eigenvalue weighted by atomic mass is 15.2. The molecule has 0 N–H and O–H groups in total. The van der Waals surface area contributed by atoms with Crippen LogP contribution in [0.1, 0.15) is 26.3 Å². The third kappa shape index (κ3) is 1.79. The van der Waals surface area contributed by atoms with Gasteiger partial charge in [-0.3, -0.25) is 0 Å². The fourth-order valence-electron chi connectivity index (χ4n) is 1.70. The maximum atomic E-state index is 4.32. The molecule has 2 heteroatoms. The molecule has 2 aromatic heterocycles. The number of nitrogens with zero attached hydrogens (tertiary/aromatic N) is 2. The third-order valence-electron chi connectivity index (χ3n) is 2.23. The van der Waals surface area contributed by atoms with Crippen LogP contribution in [0.15, 0.2) is 30.6 Å². The van der Waals surface area contributed by atoms with Crippen molar-refractivity contribution in [3.8, 4) is 0 Å². The Morgan fingerprint density at radius 1 is 1.29 bits per heavy atom. The normalized spacial score (nSPS) is 12.2. The van der Waals surface area contributed by atoms with Gasteiger partial charge < -0.3 is 0 Å². The maximum Gasteiger partial charge on any atom is 0.0693 e. The zero-order valence-electron chi connectivity index (χ0n) is 8.99. The van der Waals surface area contributed by atoms with E-state index in [1.165, 1.54) is 11.1 Å². The molecule has 0 radical (unpaired) electrons. The van der Waals surface area contributed by atoms with Crippen LogP contribution in [0, 0.1) is 5.41 Å². The lowest BCUT2D eigenvalue weighted by Crippen LogP contribution is -2.08. The van der Waals surface area contributed by atoms with Crippen molar-refractivity contribution in [1.82, 2.24) is 9.61 Å². The molecule has 0 bridgehead atoms. The van der Waals surface area contributed by atoms with Crippen LogP contribution in [0.4, 0.5) is 0 Å². The Balaban J connectivity index is 2.44. The van der Waals surface area contributed by atoms with Crippen molar-refractivity contribution >= 4 is 5.52 Å². The summed E-state index contributed by atoms with van der Waals surface area (Å²) in [5.74, 6) is 0. The topological polar surface area (TPSA) is 17.3 Å². The maximum absolute atomic E-state index is 4.32. The van der Waals surface area contributed by atoms with Crippen LogP contribution in [0.2, 0.25) is 0 Å². The predicted octanol–water partition coefficient (Wildman–Crippen LogP) is 2.92. The molecule has 0 spiro atoms. The van der Waals surface area contributed by atoms with E-state index in [1.807, 2.05) is 23.0 Å². The zero-order valence-corrected chi connectivity index (χ0v) is 8.99. The number of hydrogen-bond acceptors (Lipinski definition) is 1. The monoisotopic (exact) mass is 188 g/mol. The average molecular weight is 188 g/mol. The molecule has 2 rings (SSSR count). The van der Waals surface area contributed by atoms with Gasteiger partial charge in [0.1, 0.15) is 0 Å². The van der Waals surface area contributed by atoms with Gasteiger partial charge >= 0.3 is 0 Å². The van der Waals surface area contributed by atoms with E-state index in [0.717, 1.165) is 6.42 Å². The smallest absolute Gasteiger partial charge is 0.0693 e. The van der Waals surface area contributed by atoms with E-state index in [-0.39, 0.29) is 0 Å². The summed E-state index contributed by atoms with van der Waals surface area (Å²) in [6, 6.07) is 6.18. The van der Waals surface area contributed by atoms with Crippen molar-refractivity contribution in [1.29, 1.82) is 0 Å². The Bertz CT molecular complexity index is 435. The van der Waals surface area contributed by atoms with E-state index in [1.54, 1.807) is 0 Å². The van der Waals surface area contributed by atoms with Crippen molar-refractivity contribution in [2.24, 2.45) is 5.41 Å². The van der Waals surface area contributed by atoms with Gasteiger partial charge in [0.15, 0.2) is 0 Å². The fraction of sp³-hybridized carbons (Fsp3) is 0.417. The summed E-state index contributed by atoms with van der Waals surface area (Å²) in [6.07, 6.45) is 5.03. The number of hydrogen-bond donors (Lipinski definition) is 0. The lowest BCUT2D eigenvalue weighted by molar-refractivity contribution is 0.412. The second-order valence-corrected chi connectivity index (χ2v) is 4.94. The highest BCUT2D eigenvalue weighted by molar-refractivity contribution is 5.53. The molecule has 2 nitrogen and oxygen atoms in total. The minimum atomic E-state index is 0.319. The molecule has 0 amide bonds. The van der Waals surface area contributed by atoms with Gasteiger partial charge in [0.2, 0.25) is 0 Å². The van der Waals surface area contributed by atoms with Crippen LogP contribution in [0.5, 0.6) is 0 Å². The molecule has 0 unspecified atom stereocenters. The first-order valence-electron chi connectivity index (χ1n) is 4.97. The van der Waals surface area contributed by atoms with Crippen molar-refractivity contribution in [2.45, 2.75) is 27.2 Å². The third-order valence-corrected chi connectivity index (χ3v) is 2.23. The van der Waals surface area contributed by atoms with Crippen molar-refractivity contribution in [2.75, 3.05) is 0 Å². The van der Waals surface area contributed by atoms with E-state index >= 15 is 0 Å². The lowest BCUT2D eigenvalue weighted by Gasteiger charge is -2.16. The summed E-state index contributed by atoms with van der Waals surface area (Å²) in [5, 5.41) is 4.32. The molecule has 0 aliphatic heterocycles. The van der Waals surface area contributed by atoms with E-state index < -0.39 is 0 Å². The summed E-state index contributed by atoms with van der Waals surface area (Å²) in [4.78, 5) is 0. The summed E-state index contributed by atoms with van der Waals surface area (Å²) < 4.78 is 1.93. The fourth-order valence-corrected chi connectivity index (χ4v) is 1.70. The largest absolute Gasteiger partial charge is 0.241 e. The Kier molecular flexibility index (Phi) is 2.06. The molecular weight excluding hydrogens is 172 g/mol. The van der Waals surface area contributed by atoms with Crippen LogP contribution in [-0.4, -0.2) is 9.61 Å². The molecule has 0 aliphatic rings. The van der Waals surface area contributed by atoms with Gasteiger partial charge in [0.05, 0.1) is 11.7 Å². The second-order valence-electron chi connectivity index (χ2n) is 4.94. The Hall–Kier alpha value is -1.31. The summed E-state index contributed by atoms with van der Waals surface area (Å²) in [6.45, 7) is 6.75. The van der Waals surface area contributed by atoms with E-state index in [0.29, 0.717) is 5.41 Å². The number of rotatable bonds is 1. The van der Waals surface area contributed by atoms with Crippen LogP contribution in [0.25, 0.3) is 5.52 Å². The van der Waals surface area contributed by atoms with Gasteiger partial charge in [-0.2, -0.15) is 5.10 Å². The van der Waals surface area contributed by atoms with E-state index in [2.05, 4.69) is 38.0 Å². The number of pyridine rings is 1. The number of aromatic nitrogens is 2. The molecule has 0 aromatic carbocycles. The number of fused-ring (bicyclic) bond motifs is 1. The van der Waals surface area contributed by atoms with Crippen LogP contribution >= 0.6 is 0 Å². The van der Waals surface area contributed by atoms with E-state index in [9.17, 15) is 0 Å². The Labute approximate surface area is 84.6 Å².